The maximum atomic E-state index is 11.7. The monoisotopic (exact) mass is 283 g/mol. The van der Waals surface area contributed by atoms with Crippen molar-refractivity contribution in [3.05, 3.63) is 44.9 Å². The second-order valence-corrected chi connectivity index (χ2v) is 5.37. The van der Waals surface area contributed by atoms with E-state index in [-0.39, 0.29) is 18.1 Å². The van der Waals surface area contributed by atoms with Crippen LogP contribution in [0.25, 0.3) is 0 Å². The summed E-state index contributed by atoms with van der Waals surface area (Å²) in [5, 5.41) is 0.419. The van der Waals surface area contributed by atoms with E-state index < -0.39 is 5.97 Å². The van der Waals surface area contributed by atoms with Gasteiger partial charge in [0.2, 0.25) is 5.78 Å². The van der Waals surface area contributed by atoms with E-state index in [0.29, 0.717) is 9.90 Å². The topological polar surface area (TPSA) is 59.2 Å². The van der Waals surface area contributed by atoms with E-state index in [1.807, 2.05) is 13.0 Å². The third kappa shape index (κ3) is 3.00. The molecular weight excluding hydrogens is 274 g/mol. The number of nitrogens with one attached hydrogen (secondary N) is 1. The molecule has 0 aliphatic rings. The van der Waals surface area contributed by atoms with Crippen LogP contribution >= 0.6 is 22.9 Å². The zero-order chi connectivity index (χ0) is 13.1. The first-order valence-corrected chi connectivity index (χ1v) is 6.36. The summed E-state index contributed by atoms with van der Waals surface area (Å²) in [6.07, 6.45) is 1.47. The number of thiophene rings is 1. The molecule has 2 heterocycles. The van der Waals surface area contributed by atoms with Crippen molar-refractivity contribution in [1.29, 1.82) is 0 Å². The summed E-state index contributed by atoms with van der Waals surface area (Å²) in [5.74, 6) is -0.803. The highest BCUT2D eigenvalue weighted by Crippen LogP contribution is 2.16. The molecule has 0 aliphatic carbocycles. The van der Waals surface area contributed by atoms with Crippen molar-refractivity contribution in [2.45, 2.75) is 6.92 Å². The highest BCUT2D eigenvalue weighted by atomic mass is 35.5. The summed E-state index contributed by atoms with van der Waals surface area (Å²) >= 11 is 7.04. The molecule has 0 aromatic carbocycles. The zero-order valence-corrected chi connectivity index (χ0v) is 11.1. The minimum absolute atomic E-state index is 0.209. The SMILES string of the molecule is Cc1ccc(C(=O)COC(=O)c2cc(Cl)c[nH]2)s1. The molecule has 0 radical (unpaired) electrons. The Morgan fingerprint density at radius 3 is 2.78 bits per heavy atom. The molecule has 4 nitrogen and oxygen atoms in total. The minimum Gasteiger partial charge on any atom is -0.453 e. The van der Waals surface area contributed by atoms with Crippen molar-refractivity contribution in [3.8, 4) is 0 Å². The average Bonchev–Trinajstić information content (AvgIpc) is 2.94. The number of halogens is 1. The van der Waals surface area contributed by atoms with Crippen molar-refractivity contribution in [1.82, 2.24) is 4.98 Å². The first-order chi connectivity index (χ1) is 8.56. The number of H-pyrrole nitrogens is 1. The van der Waals surface area contributed by atoms with Gasteiger partial charge in [-0.25, -0.2) is 4.79 Å². The molecule has 0 atom stereocenters. The van der Waals surface area contributed by atoms with Gasteiger partial charge in [0.05, 0.1) is 9.90 Å². The number of ketones is 1. The van der Waals surface area contributed by atoms with Gasteiger partial charge in [-0.1, -0.05) is 11.6 Å². The maximum absolute atomic E-state index is 11.7. The fraction of sp³-hybridized carbons (Fsp3) is 0.167. The molecule has 0 bridgehead atoms. The van der Waals surface area contributed by atoms with Crippen molar-refractivity contribution >= 4 is 34.7 Å². The Morgan fingerprint density at radius 1 is 1.44 bits per heavy atom. The Morgan fingerprint density at radius 2 is 2.22 bits per heavy atom. The van der Waals surface area contributed by atoms with E-state index in [9.17, 15) is 9.59 Å². The molecule has 0 aliphatic heterocycles. The number of carbonyl (C=O) groups excluding carboxylic acids is 2. The molecule has 0 saturated carbocycles. The fourth-order valence-corrected chi connectivity index (χ4v) is 2.31. The van der Waals surface area contributed by atoms with Crippen LogP contribution in [-0.2, 0) is 4.74 Å². The van der Waals surface area contributed by atoms with E-state index in [4.69, 9.17) is 16.3 Å². The minimum atomic E-state index is -0.594. The number of esters is 1. The molecule has 0 amide bonds. The van der Waals surface area contributed by atoms with Crippen LogP contribution in [0.3, 0.4) is 0 Å². The van der Waals surface area contributed by atoms with Gasteiger partial charge in [0, 0.05) is 11.1 Å². The Kier molecular flexibility index (Phi) is 3.84. The Balaban J connectivity index is 1.92. The Bertz CT molecular complexity index is 535. The van der Waals surface area contributed by atoms with Crippen molar-refractivity contribution in [2.24, 2.45) is 0 Å². The predicted molar refractivity (Wildman–Crippen MR) is 69.5 cm³/mol. The second kappa shape index (κ2) is 5.37. The van der Waals surface area contributed by atoms with Gasteiger partial charge in [-0.05, 0) is 25.1 Å². The lowest BCUT2D eigenvalue weighted by atomic mass is 10.3. The van der Waals surface area contributed by atoms with Crippen LogP contribution < -0.4 is 0 Å². The predicted octanol–water partition coefficient (Wildman–Crippen LogP) is 3.08. The van der Waals surface area contributed by atoms with Crippen molar-refractivity contribution < 1.29 is 14.3 Å². The van der Waals surface area contributed by atoms with Crippen LogP contribution in [0.2, 0.25) is 5.02 Å². The third-order valence-corrected chi connectivity index (χ3v) is 3.48. The molecule has 2 aromatic heterocycles. The summed E-state index contributed by atoms with van der Waals surface area (Å²) in [4.78, 5) is 27.5. The van der Waals surface area contributed by atoms with Gasteiger partial charge in [0.1, 0.15) is 5.69 Å². The zero-order valence-electron chi connectivity index (χ0n) is 9.53. The third-order valence-electron chi connectivity index (χ3n) is 2.22. The van der Waals surface area contributed by atoms with Gasteiger partial charge >= 0.3 is 5.97 Å². The average molecular weight is 284 g/mol. The molecule has 1 N–H and O–H groups in total. The maximum Gasteiger partial charge on any atom is 0.355 e. The number of hydrogen-bond donors (Lipinski definition) is 1. The summed E-state index contributed by atoms with van der Waals surface area (Å²) in [6, 6.07) is 5.02. The van der Waals surface area contributed by atoms with Crippen LogP contribution in [0, 0.1) is 6.92 Å². The normalized spacial score (nSPS) is 10.3. The number of rotatable bonds is 4. The largest absolute Gasteiger partial charge is 0.453 e. The fourth-order valence-electron chi connectivity index (χ4n) is 1.35. The first kappa shape index (κ1) is 12.9. The second-order valence-electron chi connectivity index (χ2n) is 3.64. The van der Waals surface area contributed by atoms with Crippen molar-refractivity contribution in [2.75, 3.05) is 6.61 Å². The van der Waals surface area contributed by atoms with Gasteiger partial charge in [-0.2, -0.15) is 0 Å². The molecule has 0 fully saturated rings. The van der Waals surface area contributed by atoms with Crippen LogP contribution in [0.15, 0.2) is 24.4 Å². The van der Waals surface area contributed by atoms with E-state index >= 15 is 0 Å². The lowest BCUT2D eigenvalue weighted by Crippen LogP contribution is -2.13. The lowest BCUT2D eigenvalue weighted by Gasteiger charge is -2.01. The van der Waals surface area contributed by atoms with Crippen LogP contribution in [0.5, 0.6) is 0 Å². The first-order valence-electron chi connectivity index (χ1n) is 5.17. The molecule has 94 valence electrons. The molecule has 0 spiro atoms. The van der Waals surface area contributed by atoms with Crippen LogP contribution in [-0.4, -0.2) is 23.3 Å². The van der Waals surface area contributed by atoms with E-state index in [2.05, 4.69) is 4.98 Å². The molecule has 6 heteroatoms. The van der Waals surface area contributed by atoms with E-state index in [1.165, 1.54) is 23.6 Å². The number of aryl methyl sites for hydroxylation is 1. The van der Waals surface area contributed by atoms with Crippen LogP contribution in [0.1, 0.15) is 25.0 Å². The molecule has 0 unspecified atom stereocenters. The van der Waals surface area contributed by atoms with E-state index in [0.717, 1.165) is 4.88 Å². The van der Waals surface area contributed by atoms with Crippen LogP contribution in [0.4, 0.5) is 0 Å². The highest BCUT2D eigenvalue weighted by molar-refractivity contribution is 7.14. The molecular formula is C12H10ClNO3S. The molecule has 2 rings (SSSR count). The highest BCUT2D eigenvalue weighted by Gasteiger charge is 2.14. The van der Waals surface area contributed by atoms with Gasteiger partial charge < -0.3 is 9.72 Å². The standard InChI is InChI=1S/C12H10ClNO3S/c1-7-2-3-11(18-7)10(15)6-17-12(16)9-4-8(13)5-14-9/h2-5,14H,6H2,1H3. The quantitative estimate of drug-likeness (QED) is 0.693. The number of Topliss-reactive ketones (excluding diaryl/α,β-unsaturated/α-hetero) is 1. The lowest BCUT2D eigenvalue weighted by molar-refractivity contribution is 0.0470. The summed E-state index contributed by atoms with van der Waals surface area (Å²) in [6.45, 7) is 1.64. The number of ether oxygens (including phenoxy) is 1. The smallest absolute Gasteiger partial charge is 0.355 e. The molecule has 0 saturated heterocycles. The number of aromatic amines is 1. The number of carbonyl (C=O) groups is 2. The van der Waals surface area contributed by atoms with Gasteiger partial charge in [-0.15, -0.1) is 11.3 Å². The summed E-state index contributed by atoms with van der Waals surface area (Å²) < 4.78 is 4.90. The van der Waals surface area contributed by atoms with Crippen molar-refractivity contribution in [3.63, 3.8) is 0 Å². The number of hydrogen-bond acceptors (Lipinski definition) is 4. The van der Waals surface area contributed by atoms with Gasteiger partial charge in [0.25, 0.3) is 0 Å². The molecule has 18 heavy (non-hydrogen) atoms. The molecule has 2 aromatic rings. The Hall–Kier alpha value is -1.59. The number of aromatic nitrogens is 1. The van der Waals surface area contributed by atoms with E-state index in [1.54, 1.807) is 6.07 Å². The van der Waals surface area contributed by atoms with Gasteiger partial charge in [-0.3, -0.25) is 4.79 Å². The summed E-state index contributed by atoms with van der Waals surface area (Å²) in [7, 11) is 0. The summed E-state index contributed by atoms with van der Waals surface area (Å²) in [5.41, 5.74) is 0.232. The Labute approximate surface area is 113 Å². The van der Waals surface area contributed by atoms with Gasteiger partial charge in [0.15, 0.2) is 6.61 Å².